The number of aliphatic hydroxyl groups is 2. The Balaban J connectivity index is 2.44. The molecule has 12 heavy (non-hydrogen) atoms. The maximum absolute atomic E-state index is 9.90. The average Bonchev–Trinajstić information content (AvgIpc) is 2.36. The molecule has 1 fully saturated rings. The molecule has 72 valence electrons. The lowest BCUT2D eigenvalue weighted by molar-refractivity contribution is -0.0746. The van der Waals surface area contributed by atoms with Gasteiger partial charge in [-0.3, -0.25) is 0 Å². The Hall–Kier alpha value is -0.120. The average molecular weight is 173 g/mol. The second kappa shape index (κ2) is 3.73. The number of hydrogen-bond donors (Lipinski definition) is 3. The third kappa shape index (κ3) is 2.19. The molecule has 1 aliphatic rings. The van der Waals surface area contributed by atoms with Crippen LogP contribution >= 0.6 is 0 Å². The predicted molar refractivity (Wildman–Crippen MR) is 47.7 cm³/mol. The summed E-state index contributed by atoms with van der Waals surface area (Å²) in [6.07, 6.45) is 3.34. The van der Waals surface area contributed by atoms with E-state index >= 15 is 0 Å². The van der Waals surface area contributed by atoms with E-state index in [-0.39, 0.29) is 6.04 Å². The van der Waals surface area contributed by atoms with Crippen LogP contribution in [0.3, 0.4) is 0 Å². The van der Waals surface area contributed by atoms with Crippen molar-refractivity contribution in [3.8, 4) is 0 Å². The summed E-state index contributed by atoms with van der Waals surface area (Å²) in [7, 11) is 0. The van der Waals surface area contributed by atoms with Gasteiger partial charge in [0.05, 0.1) is 11.7 Å². The fourth-order valence-corrected chi connectivity index (χ4v) is 1.89. The van der Waals surface area contributed by atoms with Crippen molar-refractivity contribution < 1.29 is 10.2 Å². The van der Waals surface area contributed by atoms with Gasteiger partial charge in [0.2, 0.25) is 0 Å². The first-order valence-electron chi connectivity index (χ1n) is 4.70. The molecule has 0 bridgehead atoms. The molecular formula is C9H19NO2. The first-order chi connectivity index (χ1) is 5.54. The monoisotopic (exact) mass is 173 g/mol. The Morgan fingerprint density at radius 3 is 2.33 bits per heavy atom. The van der Waals surface area contributed by atoms with Crippen molar-refractivity contribution in [2.24, 2.45) is 5.73 Å². The van der Waals surface area contributed by atoms with Crippen LogP contribution in [-0.4, -0.2) is 28.0 Å². The van der Waals surface area contributed by atoms with Gasteiger partial charge in [-0.15, -0.1) is 0 Å². The highest BCUT2D eigenvalue weighted by atomic mass is 16.3. The van der Waals surface area contributed by atoms with Crippen LogP contribution < -0.4 is 5.73 Å². The summed E-state index contributed by atoms with van der Waals surface area (Å²) in [6.45, 7) is 1.85. The number of hydrogen-bond acceptors (Lipinski definition) is 3. The molecule has 2 atom stereocenters. The lowest BCUT2D eigenvalue weighted by Crippen LogP contribution is -2.42. The molecular weight excluding hydrogens is 154 g/mol. The molecule has 0 spiro atoms. The second-order valence-electron chi connectivity index (χ2n) is 4.04. The van der Waals surface area contributed by atoms with E-state index in [1.807, 2.05) is 6.92 Å². The molecule has 2 unspecified atom stereocenters. The van der Waals surface area contributed by atoms with Crippen molar-refractivity contribution in [2.75, 3.05) is 0 Å². The third-order valence-corrected chi connectivity index (χ3v) is 2.68. The Bertz CT molecular complexity index is 141. The summed E-state index contributed by atoms with van der Waals surface area (Å²) in [5.41, 5.74) is 4.71. The Kier molecular flexibility index (Phi) is 3.09. The van der Waals surface area contributed by atoms with Crippen LogP contribution in [0.4, 0.5) is 0 Å². The van der Waals surface area contributed by atoms with Crippen LogP contribution in [0.15, 0.2) is 0 Å². The lowest BCUT2D eigenvalue weighted by Gasteiger charge is -2.29. The molecule has 1 saturated carbocycles. The quantitative estimate of drug-likeness (QED) is 0.578. The van der Waals surface area contributed by atoms with Crippen LogP contribution in [0.2, 0.25) is 0 Å². The van der Waals surface area contributed by atoms with Crippen molar-refractivity contribution >= 4 is 0 Å². The molecule has 0 aromatic rings. The van der Waals surface area contributed by atoms with Crippen LogP contribution in [0.1, 0.15) is 39.0 Å². The van der Waals surface area contributed by atoms with Crippen molar-refractivity contribution in [2.45, 2.75) is 56.8 Å². The molecule has 1 rings (SSSR count). The molecule has 0 saturated heterocycles. The minimum absolute atomic E-state index is 0.0374. The predicted octanol–water partition coefficient (Wildman–Crippen LogP) is 0.390. The van der Waals surface area contributed by atoms with Gasteiger partial charge < -0.3 is 15.9 Å². The lowest BCUT2D eigenvalue weighted by atomic mass is 9.91. The summed E-state index contributed by atoms with van der Waals surface area (Å²) in [6, 6.07) is -0.0374. The summed E-state index contributed by atoms with van der Waals surface area (Å²) in [5, 5.41) is 19.6. The zero-order valence-corrected chi connectivity index (χ0v) is 7.66. The fourth-order valence-electron chi connectivity index (χ4n) is 1.89. The Morgan fingerprint density at radius 1 is 1.42 bits per heavy atom. The molecule has 1 aliphatic carbocycles. The van der Waals surface area contributed by atoms with Crippen LogP contribution in [0.25, 0.3) is 0 Å². The van der Waals surface area contributed by atoms with Crippen molar-refractivity contribution in [3.63, 3.8) is 0 Å². The van der Waals surface area contributed by atoms with E-state index in [1.165, 1.54) is 0 Å². The van der Waals surface area contributed by atoms with Gasteiger partial charge in [0, 0.05) is 6.04 Å². The molecule has 3 nitrogen and oxygen atoms in total. The highest BCUT2D eigenvalue weighted by molar-refractivity contribution is 4.91. The van der Waals surface area contributed by atoms with Crippen LogP contribution in [0, 0.1) is 0 Å². The maximum Gasteiger partial charge on any atom is 0.0906 e. The molecule has 0 heterocycles. The van der Waals surface area contributed by atoms with Crippen molar-refractivity contribution in [1.82, 2.24) is 0 Å². The largest absolute Gasteiger partial charge is 0.390 e. The summed E-state index contributed by atoms with van der Waals surface area (Å²) < 4.78 is 0. The van der Waals surface area contributed by atoms with Gasteiger partial charge in [-0.05, 0) is 26.2 Å². The molecule has 0 aromatic carbocycles. The normalized spacial score (nSPS) is 27.0. The molecule has 3 heteroatoms. The van der Waals surface area contributed by atoms with E-state index in [4.69, 9.17) is 5.73 Å². The second-order valence-corrected chi connectivity index (χ2v) is 4.04. The van der Waals surface area contributed by atoms with Crippen molar-refractivity contribution in [1.29, 1.82) is 0 Å². The summed E-state index contributed by atoms with van der Waals surface area (Å²) in [4.78, 5) is 0. The van der Waals surface area contributed by atoms with Gasteiger partial charge >= 0.3 is 0 Å². The van der Waals surface area contributed by atoms with E-state index in [0.717, 1.165) is 25.7 Å². The Morgan fingerprint density at radius 2 is 1.92 bits per heavy atom. The zero-order chi connectivity index (χ0) is 9.19. The Labute approximate surface area is 73.6 Å². The molecule has 0 radical (unpaired) electrons. The van der Waals surface area contributed by atoms with Crippen LogP contribution in [0.5, 0.6) is 0 Å². The molecule has 4 N–H and O–H groups in total. The van der Waals surface area contributed by atoms with E-state index in [0.29, 0.717) is 6.42 Å². The zero-order valence-electron chi connectivity index (χ0n) is 7.66. The minimum atomic E-state index is -0.840. The van der Waals surface area contributed by atoms with Gasteiger partial charge in [-0.2, -0.15) is 0 Å². The standard InChI is InChI=1S/C9H19NO2/c1-7(10)6-8(11)9(12)4-2-3-5-9/h7-8,11-12H,2-6,10H2,1H3. The van der Waals surface area contributed by atoms with Gasteiger partial charge in [0.25, 0.3) is 0 Å². The van der Waals surface area contributed by atoms with Gasteiger partial charge in [0.15, 0.2) is 0 Å². The number of rotatable bonds is 3. The molecule has 0 aromatic heterocycles. The SMILES string of the molecule is CC(N)CC(O)C1(O)CCCC1. The van der Waals surface area contributed by atoms with E-state index < -0.39 is 11.7 Å². The first-order valence-corrected chi connectivity index (χ1v) is 4.70. The summed E-state index contributed by atoms with van der Waals surface area (Å²) >= 11 is 0. The summed E-state index contributed by atoms with van der Waals surface area (Å²) in [5.74, 6) is 0. The van der Waals surface area contributed by atoms with Gasteiger partial charge in [-0.1, -0.05) is 12.8 Å². The van der Waals surface area contributed by atoms with Gasteiger partial charge in [-0.25, -0.2) is 0 Å². The highest BCUT2D eigenvalue weighted by Gasteiger charge is 2.38. The van der Waals surface area contributed by atoms with E-state index in [1.54, 1.807) is 0 Å². The number of nitrogens with two attached hydrogens (primary N) is 1. The maximum atomic E-state index is 9.90. The topological polar surface area (TPSA) is 66.5 Å². The first kappa shape index (κ1) is 9.96. The minimum Gasteiger partial charge on any atom is -0.390 e. The van der Waals surface area contributed by atoms with Crippen molar-refractivity contribution in [3.05, 3.63) is 0 Å². The third-order valence-electron chi connectivity index (χ3n) is 2.68. The highest BCUT2D eigenvalue weighted by Crippen LogP contribution is 2.33. The van der Waals surface area contributed by atoms with Crippen LogP contribution in [-0.2, 0) is 0 Å². The van der Waals surface area contributed by atoms with E-state index in [2.05, 4.69) is 0 Å². The smallest absolute Gasteiger partial charge is 0.0906 e. The number of aliphatic hydroxyl groups excluding tert-OH is 1. The fraction of sp³-hybridized carbons (Fsp3) is 1.00. The molecule has 0 amide bonds. The van der Waals surface area contributed by atoms with Gasteiger partial charge in [0.1, 0.15) is 0 Å². The van der Waals surface area contributed by atoms with E-state index in [9.17, 15) is 10.2 Å². The molecule has 0 aliphatic heterocycles.